The maximum absolute atomic E-state index is 12.2. The van der Waals surface area contributed by atoms with Crippen molar-refractivity contribution in [3.63, 3.8) is 0 Å². The first-order valence-electron chi connectivity index (χ1n) is 8.71. The van der Waals surface area contributed by atoms with Crippen molar-refractivity contribution < 1.29 is 27.9 Å². The van der Waals surface area contributed by atoms with E-state index in [0.29, 0.717) is 13.1 Å². The first-order chi connectivity index (χ1) is 13.4. The molecule has 2 heterocycles. The van der Waals surface area contributed by atoms with Gasteiger partial charge in [0.25, 0.3) is 15.9 Å². The average molecular weight is 425 g/mol. The molecule has 3 rings (SSSR count). The zero-order chi connectivity index (χ0) is 20.1. The Kier molecular flexibility index (Phi) is 6.20. The number of nitrogens with one attached hydrogen (secondary N) is 1. The predicted molar refractivity (Wildman–Crippen MR) is 104 cm³/mol. The van der Waals surface area contributed by atoms with Gasteiger partial charge in [0.15, 0.2) is 6.61 Å². The molecule has 0 saturated carbocycles. The number of thiophene rings is 1. The molecular formula is C18H20N2O6S2. The van der Waals surface area contributed by atoms with Crippen LogP contribution in [0.5, 0.6) is 5.75 Å². The smallest absolute Gasteiger partial charge is 0.342 e. The van der Waals surface area contributed by atoms with Gasteiger partial charge in [-0.25, -0.2) is 13.2 Å². The Morgan fingerprint density at radius 2 is 1.93 bits per heavy atom. The minimum absolute atomic E-state index is 0.104. The first kappa shape index (κ1) is 20.2. The number of hydrogen-bond acceptors (Lipinski definition) is 7. The second-order valence-corrected chi connectivity index (χ2v) is 9.14. The Balaban J connectivity index is 1.61. The molecule has 0 bridgehead atoms. The molecule has 0 aliphatic carbocycles. The van der Waals surface area contributed by atoms with Gasteiger partial charge in [0.2, 0.25) is 0 Å². The third-order valence-electron chi connectivity index (χ3n) is 4.27. The van der Waals surface area contributed by atoms with Crippen LogP contribution in [0.2, 0.25) is 0 Å². The Hall–Kier alpha value is -2.59. The molecule has 8 nitrogen and oxygen atoms in total. The molecule has 10 heteroatoms. The lowest BCUT2D eigenvalue weighted by atomic mass is 10.1. The normalized spacial score (nSPS) is 14.5. The summed E-state index contributed by atoms with van der Waals surface area (Å²) in [6, 6.07) is 6.77. The Bertz CT molecular complexity index is 950. The number of carbonyl (C=O) groups is 2. The third-order valence-corrected chi connectivity index (χ3v) is 7.04. The second-order valence-electron chi connectivity index (χ2n) is 6.29. The minimum atomic E-state index is -3.76. The van der Waals surface area contributed by atoms with Gasteiger partial charge in [0.05, 0.1) is 5.69 Å². The summed E-state index contributed by atoms with van der Waals surface area (Å²) in [6.45, 7) is 0.909. The summed E-state index contributed by atoms with van der Waals surface area (Å²) in [6.07, 6.45) is 2.95. The number of phenolic OH excluding ortho intramolecular Hbond substituents is 1. The van der Waals surface area contributed by atoms with Crippen molar-refractivity contribution in [1.82, 2.24) is 4.90 Å². The number of likely N-dealkylation sites (tertiary alicyclic amines) is 1. The largest absolute Gasteiger partial charge is 0.507 e. The summed E-state index contributed by atoms with van der Waals surface area (Å²) in [5, 5.41) is 11.7. The molecule has 0 radical (unpaired) electrons. The molecule has 1 fully saturated rings. The Labute approximate surface area is 166 Å². The van der Waals surface area contributed by atoms with Crippen LogP contribution in [0.15, 0.2) is 39.9 Å². The van der Waals surface area contributed by atoms with Gasteiger partial charge in [-0.05, 0) is 42.8 Å². The Morgan fingerprint density at radius 1 is 1.18 bits per heavy atom. The highest BCUT2D eigenvalue weighted by Crippen LogP contribution is 2.26. The van der Waals surface area contributed by atoms with Crippen LogP contribution < -0.4 is 4.72 Å². The van der Waals surface area contributed by atoms with Gasteiger partial charge in [-0.15, -0.1) is 11.3 Å². The number of hydrogen-bond donors (Lipinski definition) is 2. The molecule has 1 aliphatic rings. The van der Waals surface area contributed by atoms with E-state index in [1.165, 1.54) is 18.2 Å². The molecule has 1 aromatic heterocycles. The number of carbonyl (C=O) groups excluding carboxylic acids is 2. The standard InChI is InChI=1S/C18H20N2O6S2/c21-15-11-13(19-28(24,25)17-5-4-10-27-17)6-7-14(15)18(23)26-12-16(22)20-8-2-1-3-9-20/h4-7,10-11,19,21H,1-3,8-9,12H2. The lowest BCUT2D eigenvalue weighted by Gasteiger charge is -2.26. The SMILES string of the molecule is O=C(OCC(=O)N1CCCCC1)c1ccc(NS(=O)(=O)c2cccs2)cc1O. The zero-order valence-electron chi connectivity index (χ0n) is 15.0. The number of anilines is 1. The summed E-state index contributed by atoms with van der Waals surface area (Å²) in [5.74, 6) is -1.56. The van der Waals surface area contributed by atoms with Crippen LogP contribution in [-0.4, -0.2) is 50.0 Å². The lowest BCUT2D eigenvalue weighted by molar-refractivity contribution is -0.135. The molecule has 28 heavy (non-hydrogen) atoms. The summed E-state index contributed by atoms with van der Waals surface area (Å²) < 4.78 is 31.9. The number of ether oxygens (including phenoxy) is 1. The monoisotopic (exact) mass is 424 g/mol. The molecule has 0 atom stereocenters. The molecule has 0 spiro atoms. The molecule has 150 valence electrons. The van der Waals surface area contributed by atoms with Crippen molar-refractivity contribution in [2.24, 2.45) is 0 Å². The van der Waals surface area contributed by atoms with Crippen molar-refractivity contribution in [1.29, 1.82) is 0 Å². The summed E-state index contributed by atoms with van der Waals surface area (Å²) in [7, 11) is -3.76. The maximum atomic E-state index is 12.2. The van der Waals surface area contributed by atoms with Gasteiger partial charge in [0.1, 0.15) is 15.5 Å². The highest BCUT2D eigenvalue weighted by Gasteiger charge is 2.21. The van der Waals surface area contributed by atoms with Gasteiger partial charge in [-0.1, -0.05) is 6.07 Å². The summed E-state index contributed by atoms with van der Waals surface area (Å²) in [4.78, 5) is 25.9. The number of phenols is 1. The molecule has 1 amide bonds. The summed E-state index contributed by atoms with van der Waals surface area (Å²) >= 11 is 1.06. The van der Waals surface area contributed by atoms with E-state index in [1.807, 2.05) is 0 Å². The minimum Gasteiger partial charge on any atom is -0.507 e. The van der Waals surface area contributed by atoms with E-state index in [1.54, 1.807) is 16.3 Å². The number of sulfonamides is 1. The van der Waals surface area contributed by atoms with Crippen molar-refractivity contribution in [2.45, 2.75) is 23.5 Å². The average Bonchev–Trinajstić information content (AvgIpc) is 3.22. The fourth-order valence-corrected chi connectivity index (χ4v) is 4.87. The van der Waals surface area contributed by atoms with E-state index in [-0.39, 0.29) is 21.4 Å². The molecule has 2 aromatic rings. The Morgan fingerprint density at radius 3 is 2.57 bits per heavy atom. The van der Waals surface area contributed by atoms with E-state index in [4.69, 9.17) is 4.74 Å². The number of rotatable bonds is 6. The van der Waals surface area contributed by atoms with Gasteiger partial charge in [-0.3, -0.25) is 9.52 Å². The molecule has 2 N–H and O–H groups in total. The molecule has 1 aliphatic heterocycles. The van der Waals surface area contributed by atoms with Crippen LogP contribution in [0.25, 0.3) is 0 Å². The lowest BCUT2D eigenvalue weighted by Crippen LogP contribution is -2.38. The molecule has 1 aromatic carbocycles. The van der Waals surface area contributed by atoms with Crippen LogP contribution in [0.1, 0.15) is 29.6 Å². The molecule has 1 saturated heterocycles. The number of piperidine rings is 1. The topological polar surface area (TPSA) is 113 Å². The quantitative estimate of drug-likeness (QED) is 0.689. The van der Waals surface area contributed by atoms with E-state index in [2.05, 4.69) is 4.72 Å². The first-order valence-corrected chi connectivity index (χ1v) is 11.1. The highest BCUT2D eigenvalue weighted by atomic mass is 32.2. The highest BCUT2D eigenvalue weighted by molar-refractivity contribution is 7.94. The fourth-order valence-electron chi connectivity index (χ4n) is 2.83. The molecule has 0 unspecified atom stereocenters. The van der Waals surface area contributed by atoms with Crippen molar-refractivity contribution in [3.05, 3.63) is 41.3 Å². The van der Waals surface area contributed by atoms with Crippen molar-refractivity contribution >= 4 is 38.9 Å². The van der Waals surface area contributed by atoms with E-state index in [9.17, 15) is 23.1 Å². The number of nitrogens with zero attached hydrogens (tertiary/aromatic N) is 1. The maximum Gasteiger partial charge on any atom is 0.342 e. The van der Waals surface area contributed by atoms with Crippen molar-refractivity contribution in [3.8, 4) is 5.75 Å². The van der Waals surface area contributed by atoms with Crippen molar-refractivity contribution in [2.75, 3.05) is 24.4 Å². The predicted octanol–water partition coefficient (Wildman–Crippen LogP) is 2.42. The van der Waals surface area contributed by atoms with Crippen LogP contribution in [0, 0.1) is 0 Å². The summed E-state index contributed by atoms with van der Waals surface area (Å²) in [5.41, 5.74) is -0.0441. The second kappa shape index (κ2) is 8.61. The number of esters is 1. The van der Waals surface area contributed by atoms with Gasteiger partial charge in [0, 0.05) is 19.2 Å². The van der Waals surface area contributed by atoms with Crippen LogP contribution in [-0.2, 0) is 19.6 Å². The van der Waals surface area contributed by atoms with Crippen LogP contribution in [0.3, 0.4) is 0 Å². The van der Waals surface area contributed by atoms with Crippen LogP contribution >= 0.6 is 11.3 Å². The van der Waals surface area contributed by atoms with Gasteiger partial charge in [-0.2, -0.15) is 0 Å². The van der Waals surface area contributed by atoms with E-state index < -0.39 is 28.3 Å². The van der Waals surface area contributed by atoms with Crippen LogP contribution in [0.4, 0.5) is 5.69 Å². The molecular weight excluding hydrogens is 404 g/mol. The van der Waals surface area contributed by atoms with Gasteiger partial charge >= 0.3 is 5.97 Å². The third kappa shape index (κ3) is 4.82. The van der Waals surface area contributed by atoms with E-state index in [0.717, 1.165) is 36.7 Å². The number of benzene rings is 1. The van der Waals surface area contributed by atoms with E-state index >= 15 is 0 Å². The fraction of sp³-hybridized carbons (Fsp3) is 0.333. The zero-order valence-corrected chi connectivity index (χ0v) is 16.6. The number of aromatic hydroxyl groups is 1. The number of amides is 1. The van der Waals surface area contributed by atoms with Gasteiger partial charge < -0.3 is 14.7 Å².